The number of fused-ring (bicyclic) bond motifs is 2. The standard InChI is InChI=1S/C28H15N5O2.C28H18N4O2/c1-31-21(17-29)5-3-7-23-9-11-26(34-23)20-15-19-13-14-33-28(19)25(16-20)27-12-10-24(35-27)8-4-6-22(18-30)32-2;1-19(30-2)6-4-8-23-11-13-28(34-23)25-16-20(17-26-24(25)14-15-32-26)27-12-10-22(33-27)9-5-7-21(18-29)31-3/h3-16,33H;4-17,32H,1H3/b7-3+,8-4+,21-5-,22-6+;8-4+,9-5+,19-6-,21-7+. The lowest BCUT2D eigenvalue weighted by Gasteiger charge is -2.04. The average molecular weight is 896 g/mol. The Morgan fingerprint density at radius 1 is 0.493 bits per heavy atom. The van der Waals surface area contributed by atoms with E-state index in [1.54, 1.807) is 55.5 Å². The summed E-state index contributed by atoms with van der Waals surface area (Å²) in [6, 6.07) is 32.3. The van der Waals surface area contributed by atoms with Gasteiger partial charge in [-0.05, 0) is 134 Å². The summed E-state index contributed by atoms with van der Waals surface area (Å²) in [6.45, 7) is 29.5. The molecule has 0 fully saturated rings. The first-order chi connectivity index (χ1) is 33.7. The van der Waals surface area contributed by atoms with Gasteiger partial charge in [0.05, 0.1) is 50.0 Å². The molecule has 0 atom stereocenters. The molecular weight excluding hydrogens is 863 g/mol. The highest BCUT2D eigenvalue weighted by atomic mass is 16.4. The number of nitrogens with one attached hydrogen (secondary N) is 2. The number of allylic oxidation sites excluding steroid dienone is 12. The van der Waals surface area contributed by atoms with Crippen LogP contribution in [0.3, 0.4) is 0 Å². The molecule has 0 unspecified atom stereocenters. The fourth-order valence-electron chi connectivity index (χ4n) is 6.71. The van der Waals surface area contributed by atoms with Gasteiger partial charge in [-0.15, -0.1) is 0 Å². The predicted molar refractivity (Wildman–Crippen MR) is 265 cm³/mol. The van der Waals surface area contributed by atoms with Crippen LogP contribution in [0.1, 0.15) is 30.0 Å². The van der Waals surface area contributed by atoms with Crippen molar-refractivity contribution in [1.82, 2.24) is 9.97 Å². The van der Waals surface area contributed by atoms with Crippen molar-refractivity contribution in [2.24, 2.45) is 0 Å². The smallest absolute Gasteiger partial charge is 0.261 e. The number of aromatic nitrogens is 2. The number of hydrogen-bond donors (Lipinski definition) is 2. The van der Waals surface area contributed by atoms with E-state index in [2.05, 4.69) is 29.3 Å². The van der Waals surface area contributed by atoms with Gasteiger partial charge in [-0.3, -0.25) is 0 Å². The predicted octanol–water partition coefficient (Wildman–Crippen LogP) is 15.2. The second kappa shape index (κ2) is 22.1. The molecule has 326 valence electrons. The molecule has 0 aliphatic heterocycles. The largest absolute Gasteiger partial charge is 0.457 e. The lowest BCUT2D eigenvalue weighted by Crippen LogP contribution is -1.82. The van der Waals surface area contributed by atoms with Gasteiger partial charge in [0, 0.05) is 50.9 Å². The number of nitriles is 3. The maximum absolute atomic E-state index is 8.83. The van der Waals surface area contributed by atoms with E-state index in [1.807, 2.05) is 122 Å². The van der Waals surface area contributed by atoms with E-state index in [9.17, 15) is 0 Å². The van der Waals surface area contributed by atoms with Crippen LogP contribution < -0.4 is 0 Å². The van der Waals surface area contributed by atoms with Gasteiger partial charge in [-0.1, -0.05) is 30.4 Å². The molecule has 0 bridgehead atoms. The van der Waals surface area contributed by atoms with Gasteiger partial charge in [0.2, 0.25) is 0 Å². The number of rotatable bonds is 12. The summed E-state index contributed by atoms with van der Waals surface area (Å²) >= 11 is 0. The zero-order valence-electron chi connectivity index (χ0n) is 36.4. The lowest BCUT2D eigenvalue weighted by molar-refractivity contribution is 0.569. The molecule has 2 N–H and O–H groups in total. The van der Waals surface area contributed by atoms with E-state index in [-0.39, 0.29) is 17.1 Å². The highest BCUT2D eigenvalue weighted by Gasteiger charge is 2.15. The molecule has 69 heavy (non-hydrogen) atoms. The molecule has 6 heterocycles. The molecule has 2 aromatic carbocycles. The number of hydrogen-bond acceptors (Lipinski definition) is 7. The fraction of sp³-hybridized carbons (Fsp3) is 0.0179. The number of H-pyrrole nitrogens is 2. The van der Waals surface area contributed by atoms with E-state index in [4.69, 9.17) is 59.7 Å². The molecule has 0 amide bonds. The molecule has 0 radical (unpaired) electrons. The molecule has 8 rings (SSSR count). The summed E-state index contributed by atoms with van der Waals surface area (Å²) in [5.41, 5.74) is 5.97. The third-order valence-corrected chi connectivity index (χ3v) is 9.96. The van der Waals surface area contributed by atoms with E-state index in [0.717, 1.165) is 49.8 Å². The molecule has 0 spiro atoms. The normalized spacial score (nSPS) is 12.1. The van der Waals surface area contributed by atoms with Gasteiger partial charge < -0.3 is 27.6 Å². The second-order valence-electron chi connectivity index (χ2n) is 14.4. The molecular formula is C56H33N9O4. The highest BCUT2D eigenvalue weighted by molar-refractivity contribution is 5.98. The summed E-state index contributed by atoms with van der Waals surface area (Å²) in [5.74, 6) is 5.16. The Morgan fingerprint density at radius 3 is 1.42 bits per heavy atom. The summed E-state index contributed by atoms with van der Waals surface area (Å²) in [7, 11) is 0. The maximum atomic E-state index is 8.83. The van der Waals surface area contributed by atoms with Crippen molar-refractivity contribution in [1.29, 1.82) is 15.8 Å². The van der Waals surface area contributed by atoms with Crippen LogP contribution >= 0.6 is 0 Å². The molecule has 8 aromatic rings. The highest BCUT2D eigenvalue weighted by Crippen LogP contribution is 2.37. The zero-order valence-corrected chi connectivity index (χ0v) is 36.4. The van der Waals surface area contributed by atoms with Crippen molar-refractivity contribution in [3.05, 3.63) is 237 Å². The Bertz CT molecular complexity index is 3740. The number of nitrogens with zero attached hydrogens (tertiary/aromatic N) is 7. The minimum Gasteiger partial charge on any atom is -0.457 e. The van der Waals surface area contributed by atoms with Crippen LogP contribution in [0.5, 0.6) is 0 Å². The molecule has 6 aromatic heterocycles. The van der Waals surface area contributed by atoms with Crippen molar-refractivity contribution in [2.45, 2.75) is 6.92 Å². The zero-order chi connectivity index (χ0) is 48.5. The summed E-state index contributed by atoms with van der Waals surface area (Å²) in [5, 5.41) is 28.5. The Kier molecular flexibility index (Phi) is 14.7. The van der Waals surface area contributed by atoms with Gasteiger partial charge in [0.25, 0.3) is 17.1 Å². The molecule has 0 aliphatic carbocycles. The van der Waals surface area contributed by atoms with Crippen LogP contribution in [0.25, 0.3) is 111 Å². The minimum absolute atomic E-state index is 0.00356. The quantitative estimate of drug-likeness (QED) is 0.0697. The summed E-state index contributed by atoms with van der Waals surface area (Å²) in [6.07, 6.45) is 23.3. The third-order valence-electron chi connectivity index (χ3n) is 9.96. The maximum Gasteiger partial charge on any atom is 0.261 e. The van der Waals surface area contributed by atoms with Crippen LogP contribution in [0, 0.1) is 60.3 Å². The number of furan rings is 4. The van der Waals surface area contributed by atoms with Crippen LogP contribution in [-0.4, -0.2) is 9.97 Å². The Hall–Kier alpha value is -11.0. The minimum atomic E-state index is -0.00518. The van der Waals surface area contributed by atoms with Crippen LogP contribution in [0.15, 0.2) is 186 Å². The van der Waals surface area contributed by atoms with Crippen molar-refractivity contribution in [3.63, 3.8) is 0 Å². The topological polar surface area (TPSA) is 173 Å². The fourth-order valence-corrected chi connectivity index (χ4v) is 6.71. The van der Waals surface area contributed by atoms with Crippen molar-refractivity contribution in [3.8, 4) is 63.5 Å². The molecule has 13 heteroatoms. The molecule has 0 saturated carbocycles. The van der Waals surface area contributed by atoms with Gasteiger partial charge in [0.15, 0.2) is 5.70 Å². The van der Waals surface area contributed by atoms with Gasteiger partial charge in [-0.25, -0.2) is 35.2 Å². The second-order valence-corrected chi connectivity index (χ2v) is 14.4. The van der Waals surface area contributed by atoms with E-state index in [0.29, 0.717) is 46.0 Å². The lowest BCUT2D eigenvalue weighted by atomic mass is 10.0. The van der Waals surface area contributed by atoms with Crippen LogP contribution in [-0.2, 0) is 0 Å². The first-order valence-corrected chi connectivity index (χ1v) is 20.6. The van der Waals surface area contributed by atoms with Gasteiger partial charge in [0.1, 0.15) is 46.1 Å². The van der Waals surface area contributed by atoms with E-state index >= 15 is 0 Å². The van der Waals surface area contributed by atoms with E-state index in [1.165, 1.54) is 18.2 Å². The molecule has 0 saturated heterocycles. The van der Waals surface area contributed by atoms with Crippen LogP contribution in [0.4, 0.5) is 0 Å². The first-order valence-electron chi connectivity index (χ1n) is 20.6. The Balaban J connectivity index is 0.000000204. The molecule has 13 nitrogen and oxygen atoms in total. The summed E-state index contributed by atoms with van der Waals surface area (Å²) < 4.78 is 24.0. The first kappa shape index (κ1) is 46.0. The van der Waals surface area contributed by atoms with Gasteiger partial charge >= 0.3 is 0 Å². The monoisotopic (exact) mass is 895 g/mol. The van der Waals surface area contributed by atoms with Crippen LogP contribution in [0.2, 0.25) is 0 Å². The van der Waals surface area contributed by atoms with E-state index < -0.39 is 0 Å². The van der Waals surface area contributed by atoms with Gasteiger partial charge in [-0.2, -0.15) is 0 Å². The number of benzene rings is 2. The average Bonchev–Trinajstić information content (AvgIpc) is 4.25. The Morgan fingerprint density at radius 2 is 0.928 bits per heavy atom. The third kappa shape index (κ3) is 11.4. The van der Waals surface area contributed by atoms with Crippen molar-refractivity contribution in [2.75, 3.05) is 0 Å². The van der Waals surface area contributed by atoms with Crippen molar-refractivity contribution < 1.29 is 17.7 Å². The summed E-state index contributed by atoms with van der Waals surface area (Å²) in [4.78, 5) is 19.2. The SMILES string of the molecule is [C-]#[N+]/C(C#N)=C\C=C\c1ccc(-c2cc(-c3ccc(/C=C/C=C(\C#N)[N+]#[C-])o3)c3[nH]ccc3c2)o1.[C-]#[N+]/C(C)=C\C=C\c1ccc(-c2cc(-c3ccc(/C=C/C=C(\C#N)[N+]#[C-])o3)cc3[nH]ccc23)o1. The molecule has 0 aliphatic rings. The number of aromatic amines is 2. The van der Waals surface area contributed by atoms with Crippen molar-refractivity contribution >= 4 is 46.1 Å². The Labute approximate surface area is 396 Å².